The van der Waals surface area contributed by atoms with E-state index in [0.717, 1.165) is 12.8 Å². The van der Waals surface area contributed by atoms with Gasteiger partial charge in [-0.2, -0.15) is 0 Å². The van der Waals surface area contributed by atoms with Gasteiger partial charge in [0.2, 0.25) is 0 Å². The number of Topliss-reactive ketones (excluding diaryl/α,β-unsaturated/α-hetero) is 1. The molecular weight excluding hydrogens is 377 g/mol. The summed E-state index contributed by atoms with van der Waals surface area (Å²) < 4.78 is 5.01. The summed E-state index contributed by atoms with van der Waals surface area (Å²) in [4.78, 5) is 11.6. The van der Waals surface area contributed by atoms with Crippen molar-refractivity contribution in [3.05, 3.63) is 65.2 Å². The van der Waals surface area contributed by atoms with Crippen molar-refractivity contribution in [1.82, 2.24) is 0 Å². The predicted molar refractivity (Wildman–Crippen MR) is 93.1 cm³/mol. The van der Waals surface area contributed by atoms with Crippen LogP contribution in [0.1, 0.15) is 41.3 Å². The van der Waals surface area contributed by atoms with E-state index >= 15 is 0 Å². The molecule has 0 unspecified atom stereocenters. The van der Waals surface area contributed by atoms with Crippen molar-refractivity contribution < 1.29 is 47.3 Å². The number of hydrogen-bond acceptors (Lipinski definition) is 3. The van der Waals surface area contributed by atoms with Crippen molar-refractivity contribution in [3.63, 3.8) is 0 Å². The van der Waals surface area contributed by atoms with Gasteiger partial charge in [-0.05, 0) is 36.1 Å². The Bertz CT molecular complexity index is 708. The number of carbonyl (C=O) groups excluding carboxylic acids is 1. The number of hydrogen-bond donors (Lipinski definition) is 1. The van der Waals surface area contributed by atoms with Gasteiger partial charge in [-0.25, -0.2) is 0 Å². The summed E-state index contributed by atoms with van der Waals surface area (Å²) in [6.45, 7) is 1.92. The predicted octanol–water partition coefficient (Wildman–Crippen LogP) is 4.64. The Labute approximate surface area is 168 Å². The average molecular weight is 399 g/mol. The molecule has 1 N–H and O–H groups in total. The van der Waals surface area contributed by atoms with Gasteiger partial charge in [0.1, 0.15) is 17.1 Å². The third-order valence-electron chi connectivity index (χ3n) is 3.67. The van der Waals surface area contributed by atoms with Crippen molar-refractivity contribution in [1.29, 1.82) is 0 Å². The Balaban J connectivity index is 0.000000248. The topological polar surface area (TPSA) is 46.5 Å². The number of phenols is 1. The number of ketones is 1. The number of allylic oxidation sites excluding steroid dienone is 1. The molecule has 1 radical (unpaired) electrons. The molecule has 1 aliphatic rings. The van der Waals surface area contributed by atoms with Gasteiger partial charge in [0, 0.05) is 39.1 Å². The maximum absolute atomic E-state index is 11.6. The van der Waals surface area contributed by atoms with Gasteiger partial charge < -0.3 is 9.84 Å². The van der Waals surface area contributed by atoms with Crippen LogP contribution in [0.15, 0.2) is 48.5 Å². The molecule has 3 rings (SSSR count). The van der Waals surface area contributed by atoms with Gasteiger partial charge in [-0.1, -0.05) is 49.4 Å². The largest absolute Gasteiger partial charge is 0.507 e. The van der Waals surface area contributed by atoms with Crippen LogP contribution in [-0.4, -0.2) is 18.0 Å². The van der Waals surface area contributed by atoms with Gasteiger partial charge in [-0.15, -0.1) is 0 Å². The first kappa shape index (κ1) is 20.6. The van der Waals surface area contributed by atoms with Crippen LogP contribution in [-0.2, 0) is 39.1 Å². The SMILES string of the molecule is C1=Cc2ccccc2C1.CCCC(=O)c1c(O)cccc1OC.[Y]. The molecule has 1 aliphatic carbocycles. The molecule has 2 aromatic rings. The molecule has 0 aromatic heterocycles. The zero-order valence-corrected chi connectivity index (χ0v) is 17.0. The molecule has 0 heterocycles. The summed E-state index contributed by atoms with van der Waals surface area (Å²) in [7, 11) is 1.48. The molecule has 4 heteroatoms. The molecule has 0 saturated carbocycles. The van der Waals surface area contributed by atoms with E-state index in [1.807, 2.05) is 6.92 Å². The number of methoxy groups -OCH3 is 1. The minimum absolute atomic E-state index is 0. The maximum Gasteiger partial charge on any atom is 0.170 e. The number of phenolic OH excluding ortho intramolecular Hbond substituents is 1. The smallest absolute Gasteiger partial charge is 0.170 e. The molecule has 0 amide bonds. The number of benzene rings is 2. The average Bonchev–Trinajstić information content (AvgIpc) is 3.04. The Morgan fingerprint density at radius 1 is 1.17 bits per heavy atom. The number of aromatic hydroxyl groups is 1. The van der Waals surface area contributed by atoms with Gasteiger partial charge in [0.25, 0.3) is 0 Å². The molecule has 123 valence electrons. The van der Waals surface area contributed by atoms with E-state index in [1.54, 1.807) is 12.1 Å². The zero-order chi connectivity index (χ0) is 16.7. The van der Waals surface area contributed by atoms with Crippen LogP contribution in [0.4, 0.5) is 0 Å². The molecule has 0 spiro atoms. The van der Waals surface area contributed by atoms with E-state index in [4.69, 9.17) is 4.74 Å². The van der Waals surface area contributed by atoms with Crippen molar-refractivity contribution in [2.45, 2.75) is 26.2 Å². The standard InChI is InChI=1S/C11H14O3.C9H8.Y/c1-3-5-8(12)11-9(13)6-4-7-10(11)14-2;1-2-5-9-7-3-6-8(9)4-1;/h4,6-7,13H,3,5H2,1-2H3;1-6H,7H2;. The summed E-state index contributed by atoms with van der Waals surface area (Å²) in [5.41, 5.74) is 3.13. The van der Waals surface area contributed by atoms with Crippen LogP contribution in [0.3, 0.4) is 0 Å². The van der Waals surface area contributed by atoms with Crippen LogP contribution in [0.2, 0.25) is 0 Å². The number of ether oxygens (including phenoxy) is 1. The first-order chi connectivity index (χ1) is 11.2. The Morgan fingerprint density at radius 2 is 1.92 bits per heavy atom. The molecule has 0 saturated heterocycles. The fourth-order valence-electron chi connectivity index (χ4n) is 2.52. The molecule has 24 heavy (non-hydrogen) atoms. The number of rotatable bonds is 4. The second kappa shape index (κ2) is 10.4. The van der Waals surface area contributed by atoms with Gasteiger partial charge in [0.05, 0.1) is 7.11 Å². The summed E-state index contributed by atoms with van der Waals surface area (Å²) >= 11 is 0. The fourth-order valence-corrected chi connectivity index (χ4v) is 2.52. The molecule has 0 fully saturated rings. The normalized spacial score (nSPS) is 10.9. The van der Waals surface area contributed by atoms with Crippen molar-refractivity contribution in [3.8, 4) is 11.5 Å². The van der Waals surface area contributed by atoms with Gasteiger partial charge in [0.15, 0.2) is 5.78 Å². The molecule has 0 bridgehead atoms. The second-order valence-electron chi connectivity index (χ2n) is 5.33. The van der Waals surface area contributed by atoms with Crippen LogP contribution in [0.25, 0.3) is 6.08 Å². The van der Waals surface area contributed by atoms with E-state index in [1.165, 1.54) is 24.3 Å². The monoisotopic (exact) mass is 399 g/mol. The number of fused-ring (bicyclic) bond motifs is 1. The molecule has 0 aliphatic heterocycles. The van der Waals surface area contributed by atoms with Crippen LogP contribution < -0.4 is 4.74 Å². The third kappa shape index (κ3) is 5.29. The Hall–Kier alpha value is -1.45. The Kier molecular flexibility index (Phi) is 8.95. The minimum atomic E-state index is -0.0811. The summed E-state index contributed by atoms with van der Waals surface area (Å²) in [5.74, 6) is 0.341. The van der Waals surface area contributed by atoms with E-state index < -0.39 is 0 Å². The molecular formula is C20H22O3Y. The minimum Gasteiger partial charge on any atom is -0.507 e. The quantitative estimate of drug-likeness (QED) is 0.763. The summed E-state index contributed by atoms with van der Waals surface area (Å²) in [6, 6.07) is 13.3. The van der Waals surface area contributed by atoms with E-state index in [0.29, 0.717) is 12.2 Å². The third-order valence-corrected chi connectivity index (χ3v) is 3.67. The van der Waals surface area contributed by atoms with Crippen LogP contribution in [0, 0.1) is 0 Å². The zero-order valence-electron chi connectivity index (χ0n) is 14.2. The van der Waals surface area contributed by atoms with E-state index in [-0.39, 0.29) is 49.8 Å². The first-order valence-electron chi connectivity index (χ1n) is 7.81. The summed E-state index contributed by atoms with van der Waals surface area (Å²) in [5, 5.41) is 9.52. The molecule has 2 aromatic carbocycles. The van der Waals surface area contributed by atoms with E-state index in [9.17, 15) is 9.90 Å². The molecule has 0 atom stereocenters. The second-order valence-corrected chi connectivity index (χ2v) is 5.33. The van der Waals surface area contributed by atoms with Crippen LogP contribution in [0.5, 0.6) is 11.5 Å². The first-order valence-corrected chi connectivity index (χ1v) is 7.81. The summed E-state index contributed by atoms with van der Waals surface area (Å²) in [6.07, 6.45) is 6.68. The van der Waals surface area contributed by atoms with E-state index in [2.05, 4.69) is 36.4 Å². The van der Waals surface area contributed by atoms with Gasteiger partial charge >= 0.3 is 0 Å². The molecule has 3 nitrogen and oxygen atoms in total. The van der Waals surface area contributed by atoms with Gasteiger partial charge in [-0.3, -0.25) is 4.79 Å². The van der Waals surface area contributed by atoms with Crippen molar-refractivity contribution >= 4 is 11.9 Å². The fraction of sp³-hybridized carbons (Fsp3) is 0.250. The maximum atomic E-state index is 11.6. The Morgan fingerprint density at radius 3 is 2.58 bits per heavy atom. The van der Waals surface area contributed by atoms with Crippen molar-refractivity contribution in [2.75, 3.05) is 7.11 Å². The van der Waals surface area contributed by atoms with Crippen LogP contribution >= 0.6 is 0 Å². The number of carbonyl (C=O) groups is 1. The van der Waals surface area contributed by atoms with Crippen molar-refractivity contribution in [2.24, 2.45) is 0 Å².